The van der Waals surface area contributed by atoms with Crippen LogP contribution in [0.1, 0.15) is 36.6 Å². The Labute approximate surface area is 344 Å². The highest BCUT2D eigenvalue weighted by molar-refractivity contribution is 7.13. The number of para-hydroxylation sites is 2. The van der Waals surface area contributed by atoms with Gasteiger partial charge in [-0.25, -0.2) is 19.2 Å². The first kappa shape index (κ1) is 40.3. The van der Waals surface area contributed by atoms with E-state index in [-0.39, 0.29) is 18.9 Å². The van der Waals surface area contributed by atoms with E-state index in [1.165, 1.54) is 12.1 Å². The maximum absolute atomic E-state index is 14.7. The molecule has 298 valence electrons. The number of hydrogen-bond donors (Lipinski definition) is 1. The molecule has 1 aliphatic carbocycles. The molecule has 0 bridgehead atoms. The Morgan fingerprint density at radius 3 is 2.57 bits per heavy atom. The second kappa shape index (κ2) is 18.1. The van der Waals surface area contributed by atoms with Crippen molar-refractivity contribution in [2.24, 2.45) is 0 Å². The molecule has 3 aromatic heterocycles. The fourth-order valence-electron chi connectivity index (χ4n) is 6.73. The number of allylic oxidation sites excluding steroid dienone is 4. The van der Waals surface area contributed by atoms with Gasteiger partial charge in [-0.2, -0.15) is 4.37 Å². The predicted molar refractivity (Wildman–Crippen MR) is 223 cm³/mol. The minimum Gasteiger partial charge on any atom is -0.496 e. The zero-order chi connectivity index (χ0) is 40.8. The number of aromatic nitrogens is 4. The third-order valence-electron chi connectivity index (χ3n) is 9.67. The Balaban J connectivity index is 1.21. The number of pyridine rings is 1. The van der Waals surface area contributed by atoms with E-state index in [2.05, 4.69) is 14.3 Å². The number of carbonyl (C=O) groups is 1. The zero-order valence-electron chi connectivity index (χ0n) is 32.4. The standard InChI is InChI=1S/C44H41ClFN5O6S/c1-26-31(16-17-35(40(26)45)55-21-20-51(2)3)38-39-37(24-48-41(38)28-11-9-12-29(46)22-28)58-50-43(39)57-36(44(52)53)23-27-10-5-7-14-33(27)56-25-30-18-19-47-42(49-30)32-13-6-8-15-34(32)54-4/h5-15,18-19,22,24,36H,16-17,20-21,23,25H2,1-4H3,(H,52,53)/t36-/m1/s1. The summed E-state index contributed by atoms with van der Waals surface area (Å²) in [5.74, 6) is 0.824. The number of ether oxygens (including phenoxy) is 4. The number of nitrogens with zero attached hydrogens (tertiary/aromatic N) is 5. The largest absolute Gasteiger partial charge is 0.496 e. The Kier molecular flexibility index (Phi) is 12.6. The van der Waals surface area contributed by atoms with Crippen LogP contribution in [0.5, 0.6) is 17.4 Å². The van der Waals surface area contributed by atoms with Gasteiger partial charge in [0.2, 0.25) is 12.0 Å². The third-order valence-corrected chi connectivity index (χ3v) is 10.9. The summed E-state index contributed by atoms with van der Waals surface area (Å²) in [6, 6.07) is 22.6. The highest BCUT2D eigenvalue weighted by Crippen LogP contribution is 2.46. The quantitative estimate of drug-likeness (QED) is 0.100. The Morgan fingerprint density at radius 1 is 1.00 bits per heavy atom. The zero-order valence-corrected chi connectivity index (χ0v) is 33.9. The summed E-state index contributed by atoms with van der Waals surface area (Å²) in [5.41, 5.74) is 5.30. The smallest absolute Gasteiger partial charge is 0.345 e. The van der Waals surface area contributed by atoms with Gasteiger partial charge in [0, 0.05) is 42.9 Å². The topological polar surface area (TPSA) is 129 Å². The average molecular weight is 822 g/mol. The number of fused-ring (bicyclic) bond motifs is 1. The first-order chi connectivity index (χ1) is 28.1. The van der Waals surface area contributed by atoms with Gasteiger partial charge in [-0.3, -0.25) is 4.98 Å². The van der Waals surface area contributed by atoms with Gasteiger partial charge >= 0.3 is 5.97 Å². The van der Waals surface area contributed by atoms with E-state index in [1.54, 1.807) is 49.8 Å². The molecule has 0 amide bonds. The minimum atomic E-state index is -1.36. The van der Waals surface area contributed by atoms with Crippen LogP contribution in [0, 0.1) is 5.82 Å². The number of halogens is 2. The van der Waals surface area contributed by atoms with Crippen LogP contribution in [-0.4, -0.2) is 75.8 Å². The van der Waals surface area contributed by atoms with Gasteiger partial charge in [-0.1, -0.05) is 54.1 Å². The van der Waals surface area contributed by atoms with Crippen molar-refractivity contribution in [3.8, 4) is 40.0 Å². The molecule has 0 unspecified atom stereocenters. The van der Waals surface area contributed by atoms with Gasteiger partial charge in [0.05, 0.1) is 39.2 Å². The molecule has 0 radical (unpaired) electrons. The number of hydrogen-bond acceptors (Lipinski definition) is 11. The summed E-state index contributed by atoms with van der Waals surface area (Å²) in [4.78, 5) is 28.9. The molecule has 1 atom stereocenters. The number of likely N-dealkylation sites (N-methyl/N-ethyl adjacent to an activating group) is 1. The van der Waals surface area contributed by atoms with E-state index >= 15 is 0 Å². The number of aliphatic carboxylic acids is 1. The lowest BCUT2D eigenvalue weighted by Crippen LogP contribution is -2.29. The van der Waals surface area contributed by atoms with Crippen LogP contribution in [0.25, 0.3) is 38.3 Å². The third kappa shape index (κ3) is 8.96. The van der Waals surface area contributed by atoms with Crippen LogP contribution in [-0.2, 0) is 22.6 Å². The molecule has 0 fully saturated rings. The lowest BCUT2D eigenvalue weighted by atomic mass is 9.87. The second-order valence-electron chi connectivity index (χ2n) is 13.8. The molecule has 7 rings (SSSR count). The molecule has 58 heavy (non-hydrogen) atoms. The van der Waals surface area contributed by atoms with Crippen molar-refractivity contribution in [1.82, 2.24) is 24.2 Å². The van der Waals surface area contributed by atoms with E-state index < -0.39 is 17.9 Å². The molecule has 1 N–H and O–H groups in total. The van der Waals surface area contributed by atoms with Crippen LogP contribution >= 0.6 is 23.1 Å². The van der Waals surface area contributed by atoms with E-state index in [9.17, 15) is 14.3 Å². The van der Waals surface area contributed by atoms with Crippen molar-refractivity contribution >= 4 is 44.8 Å². The lowest BCUT2D eigenvalue weighted by molar-refractivity contribution is -0.145. The number of carboxylic acid groups (broad SMARTS) is 1. The molecule has 3 aromatic carbocycles. The van der Waals surface area contributed by atoms with Crippen LogP contribution in [0.4, 0.5) is 4.39 Å². The van der Waals surface area contributed by atoms with Gasteiger partial charge in [0.1, 0.15) is 36.3 Å². The number of benzene rings is 3. The van der Waals surface area contributed by atoms with Crippen LogP contribution in [0.15, 0.2) is 108 Å². The maximum Gasteiger partial charge on any atom is 0.345 e. The van der Waals surface area contributed by atoms with Gasteiger partial charge < -0.3 is 29.0 Å². The molecule has 1 aliphatic rings. The van der Waals surface area contributed by atoms with Gasteiger partial charge in [-0.15, -0.1) is 0 Å². The highest BCUT2D eigenvalue weighted by Gasteiger charge is 2.30. The Bertz CT molecular complexity index is 2520. The summed E-state index contributed by atoms with van der Waals surface area (Å²) in [5, 5.41) is 11.6. The van der Waals surface area contributed by atoms with Crippen molar-refractivity contribution in [2.45, 2.75) is 38.9 Å². The highest BCUT2D eigenvalue weighted by atomic mass is 35.5. The molecule has 0 saturated heterocycles. The molecule has 0 spiro atoms. The summed E-state index contributed by atoms with van der Waals surface area (Å²) in [7, 11) is 5.54. The van der Waals surface area contributed by atoms with E-state index in [0.717, 1.165) is 34.8 Å². The molecule has 0 saturated carbocycles. The lowest BCUT2D eigenvalue weighted by Gasteiger charge is -2.24. The SMILES string of the molecule is COc1ccccc1-c1nccc(COc2ccccc2C[C@@H](Oc2nsc3cnc(-c4cccc(F)c4)c(C4=C(C)C(Cl)=C(OCCN(C)C)CC4)c23)C(=O)O)n1. The summed E-state index contributed by atoms with van der Waals surface area (Å²) >= 11 is 8.12. The van der Waals surface area contributed by atoms with Crippen molar-refractivity contribution < 1.29 is 33.2 Å². The van der Waals surface area contributed by atoms with Crippen molar-refractivity contribution in [1.29, 1.82) is 0 Å². The maximum atomic E-state index is 14.7. The van der Waals surface area contributed by atoms with E-state index in [4.69, 9.17) is 35.5 Å². The molecule has 0 aliphatic heterocycles. The second-order valence-corrected chi connectivity index (χ2v) is 15.0. The molecule has 14 heteroatoms. The number of methoxy groups -OCH3 is 1. The van der Waals surface area contributed by atoms with E-state index in [0.29, 0.717) is 85.7 Å². The molecule has 3 heterocycles. The van der Waals surface area contributed by atoms with Gasteiger partial charge in [0.15, 0.2) is 5.82 Å². The van der Waals surface area contributed by atoms with E-state index in [1.807, 2.05) is 62.3 Å². The minimum absolute atomic E-state index is 0.0398. The number of carboxylic acids is 1. The van der Waals surface area contributed by atoms with Crippen molar-refractivity contribution in [3.63, 3.8) is 0 Å². The number of rotatable bonds is 16. The first-order valence-electron chi connectivity index (χ1n) is 18.6. The Hall–Kier alpha value is -5.89. The molecular weight excluding hydrogens is 781 g/mol. The van der Waals surface area contributed by atoms with Gasteiger partial charge in [-0.05, 0) is 92.1 Å². The molecule has 6 aromatic rings. The summed E-state index contributed by atoms with van der Waals surface area (Å²) in [6.07, 6.45) is 2.98. The molecule has 11 nitrogen and oxygen atoms in total. The van der Waals surface area contributed by atoms with Crippen molar-refractivity contribution in [2.75, 3.05) is 34.4 Å². The fraction of sp³-hybridized carbons (Fsp3) is 0.250. The van der Waals surface area contributed by atoms with Crippen LogP contribution in [0.2, 0.25) is 0 Å². The monoisotopic (exact) mass is 821 g/mol. The van der Waals surface area contributed by atoms with Crippen LogP contribution < -0.4 is 14.2 Å². The average Bonchev–Trinajstić information content (AvgIpc) is 3.64. The Morgan fingerprint density at radius 2 is 1.79 bits per heavy atom. The fourth-order valence-corrected chi connectivity index (χ4v) is 7.69. The predicted octanol–water partition coefficient (Wildman–Crippen LogP) is 9.21. The van der Waals surface area contributed by atoms with Gasteiger partial charge in [0.25, 0.3) is 0 Å². The normalized spacial score (nSPS) is 13.6. The molecular formula is C44H41ClFN5O6S. The van der Waals surface area contributed by atoms with Crippen LogP contribution in [0.3, 0.4) is 0 Å². The summed E-state index contributed by atoms with van der Waals surface area (Å²) in [6.45, 7) is 3.23. The summed E-state index contributed by atoms with van der Waals surface area (Å²) < 4.78 is 44.2. The first-order valence-corrected chi connectivity index (χ1v) is 19.7. The van der Waals surface area contributed by atoms with Crippen molar-refractivity contribution in [3.05, 3.63) is 130 Å².